The summed E-state index contributed by atoms with van der Waals surface area (Å²) >= 11 is 0. The SMILES string of the molecule is CN(CC(O)c1cccc2ccccc12)C1CCOCC1. The van der Waals surface area contributed by atoms with Crippen molar-refractivity contribution in [3.63, 3.8) is 0 Å². The molecule has 0 amide bonds. The average molecular weight is 285 g/mol. The maximum Gasteiger partial charge on any atom is 0.0922 e. The largest absolute Gasteiger partial charge is 0.387 e. The lowest BCUT2D eigenvalue weighted by Crippen LogP contribution is -2.38. The standard InChI is InChI=1S/C18H23NO2/c1-19(15-9-11-21-12-10-15)13-18(20)17-8-4-6-14-5-2-3-7-16(14)17/h2-8,15,18,20H,9-13H2,1H3. The Hall–Kier alpha value is -1.42. The van der Waals surface area contributed by atoms with Gasteiger partial charge in [0.05, 0.1) is 6.10 Å². The highest BCUT2D eigenvalue weighted by Crippen LogP contribution is 2.25. The summed E-state index contributed by atoms with van der Waals surface area (Å²) in [7, 11) is 2.10. The minimum atomic E-state index is -0.455. The van der Waals surface area contributed by atoms with Gasteiger partial charge in [-0.2, -0.15) is 0 Å². The fourth-order valence-electron chi connectivity index (χ4n) is 3.19. The lowest BCUT2D eigenvalue weighted by molar-refractivity contribution is 0.0255. The van der Waals surface area contributed by atoms with E-state index in [-0.39, 0.29) is 0 Å². The smallest absolute Gasteiger partial charge is 0.0922 e. The monoisotopic (exact) mass is 285 g/mol. The number of nitrogens with zero attached hydrogens (tertiary/aromatic N) is 1. The van der Waals surface area contributed by atoms with Crippen LogP contribution in [0.5, 0.6) is 0 Å². The Morgan fingerprint density at radius 3 is 2.67 bits per heavy atom. The Morgan fingerprint density at radius 2 is 1.86 bits per heavy atom. The molecule has 0 aliphatic carbocycles. The molecule has 1 saturated heterocycles. The number of benzene rings is 2. The van der Waals surface area contributed by atoms with Crippen molar-refractivity contribution in [2.24, 2.45) is 0 Å². The number of hydrogen-bond donors (Lipinski definition) is 1. The van der Waals surface area contributed by atoms with Crippen LogP contribution in [-0.4, -0.2) is 42.9 Å². The van der Waals surface area contributed by atoms with Gasteiger partial charge in [0.15, 0.2) is 0 Å². The topological polar surface area (TPSA) is 32.7 Å². The zero-order valence-electron chi connectivity index (χ0n) is 12.5. The highest BCUT2D eigenvalue weighted by atomic mass is 16.5. The fraction of sp³-hybridized carbons (Fsp3) is 0.444. The number of likely N-dealkylation sites (N-methyl/N-ethyl adjacent to an activating group) is 1. The molecule has 3 nitrogen and oxygen atoms in total. The summed E-state index contributed by atoms with van der Waals surface area (Å²) in [6, 6.07) is 14.9. The van der Waals surface area contributed by atoms with Gasteiger partial charge in [-0.1, -0.05) is 42.5 Å². The van der Waals surface area contributed by atoms with Crippen molar-refractivity contribution in [3.8, 4) is 0 Å². The predicted octanol–water partition coefficient (Wildman–Crippen LogP) is 2.98. The normalized spacial score (nSPS) is 18.2. The van der Waals surface area contributed by atoms with Crippen LogP contribution < -0.4 is 0 Å². The van der Waals surface area contributed by atoms with Crippen LogP contribution in [0.15, 0.2) is 42.5 Å². The summed E-state index contributed by atoms with van der Waals surface area (Å²) in [6.45, 7) is 2.33. The second-order valence-corrected chi connectivity index (χ2v) is 5.87. The third-order valence-corrected chi connectivity index (χ3v) is 4.46. The van der Waals surface area contributed by atoms with Gasteiger partial charge in [0, 0.05) is 25.8 Å². The third-order valence-electron chi connectivity index (χ3n) is 4.46. The van der Waals surface area contributed by atoms with Crippen molar-refractivity contribution in [2.45, 2.75) is 25.0 Å². The van der Waals surface area contributed by atoms with E-state index < -0.39 is 6.10 Å². The summed E-state index contributed by atoms with van der Waals surface area (Å²) in [5.74, 6) is 0. The second-order valence-electron chi connectivity index (χ2n) is 5.87. The number of fused-ring (bicyclic) bond motifs is 1. The zero-order chi connectivity index (χ0) is 14.7. The molecule has 1 aliphatic heterocycles. The van der Waals surface area contributed by atoms with Crippen molar-refractivity contribution in [2.75, 3.05) is 26.8 Å². The van der Waals surface area contributed by atoms with E-state index in [1.54, 1.807) is 0 Å². The maximum absolute atomic E-state index is 10.6. The Labute approximate surface area is 126 Å². The number of hydrogen-bond acceptors (Lipinski definition) is 3. The molecule has 1 unspecified atom stereocenters. The van der Waals surface area contributed by atoms with E-state index in [4.69, 9.17) is 4.74 Å². The number of ether oxygens (including phenoxy) is 1. The molecule has 3 heteroatoms. The summed E-state index contributed by atoms with van der Waals surface area (Å²) < 4.78 is 5.41. The summed E-state index contributed by atoms with van der Waals surface area (Å²) in [5, 5.41) is 13.0. The van der Waals surface area contributed by atoms with Gasteiger partial charge in [0.1, 0.15) is 0 Å². The van der Waals surface area contributed by atoms with Gasteiger partial charge >= 0.3 is 0 Å². The minimum Gasteiger partial charge on any atom is -0.387 e. The van der Waals surface area contributed by atoms with Crippen LogP contribution in [-0.2, 0) is 4.74 Å². The molecule has 3 rings (SSSR count). The van der Waals surface area contributed by atoms with Crippen LogP contribution in [0.2, 0.25) is 0 Å². The Bertz CT molecular complexity index is 587. The van der Waals surface area contributed by atoms with Crippen molar-refractivity contribution in [1.29, 1.82) is 0 Å². The molecule has 0 aromatic heterocycles. The van der Waals surface area contributed by atoms with E-state index in [2.05, 4.69) is 30.1 Å². The third kappa shape index (κ3) is 3.26. The Morgan fingerprint density at radius 1 is 1.14 bits per heavy atom. The van der Waals surface area contributed by atoms with Gasteiger partial charge in [0.25, 0.3) is 0 Å². The quantitative estimate of drug-likeness (QED) is 0.937. The second kappa shape index (κ2) is 6.56. The number of rotatable bonds is 4. The molecule has 21 heavy (non-hydrogen) atoms. The van der Waals surface area contributed by atoms with Crippen molar-refractivity contribution in [3.05, 3.63) is 48.0 Å². The molecule has 1 heterocycles. The van der Waals surface area contributed by atoms with E-state index in [1.807, 2.05) is 24.3 Å². The van der Waals surface area contributed by atoms with Gasteiger partial charge in [-0.25, -0.2) is 0 Å². The molecular formula is C18H23NO2. The molecule has 1 N–H and O–H groups in total. The molecule has 0 bridgehead atoms. The van der Waals surface area contributed by atoms with E-state index in [1.165, 1.54) is 5.39 Å². The van der Waals surface area contributed by atoms with Crippen LogP contribution in [0.1, 0.15) is 24.5 Å². The van der Waals surface area contributed by atoms with Gasteiger partial charge < -0.3 is 14.7 Å². The van der Waals surface area contributed by atoms with Gasteiger partial charge in [0.2, 0.25) is 0 Å². The molecule has 2 aromatic carbocycles. The van der Waals surface area contributed by atoms with E-state index >= 15 is 0 Å². The summed E-state index contributed by atoms with van der Waals surface area (Å²) in [5.41, 5.74) is 1.02. The molecule has 112 valence electrons. The van der Waals surface area contributed by atoms with E-state index in [0.717, 1.165) is 37.0 Å². The van der Waals surface area contributed by atoms with Crippen LogP contribution in [0.3, 0.4) is 0 Å². The lowest BCUT2D eigenvalue weighted by atomic mass is 9.99. The summed E-state index contributed by atoms with van der Waals surface area (Å²) in [4.78, 5) is 2.27. The Kier molecular flexibility index (Phi) is 4.54. The first-order chi connectivity index (χ1) is 10.3. The highest BCUT2D eigenvalue weighted by Gasteiger charge is 2.21. The van der Waals surface area contributed by atoms with Crippen LogP contribution >= 0.6 is 0 Å². The summed E-state index contributed by atoms with van der Waals surface area (Å²) in [6.07, 6.45) is 1.65. The van der Waals surface area contributed by atoms with Crippen molar-refractivity contribution in [1.82, 2.24) is 4.90 Å². The first-order valence-electron chi connectivity index (χ1n) is 7.69. The van der Waals surface area contributed by atoms with Crippen LogP contribution in [0.4, 0.5) is 0 Å². The molecule has 2 aromatic rings. The molecule has 0 radical (unpaired) electrons. The lowest BCUT2D eigenvalue weighted by Gasteiger charge is -2.32. The number of aliphatic hydroxyl groups is 1. The zero-order valence-corrected chi connectivity index (χ0v) is 12.5. The molecule has 1 aliphatic rings. The van der Waals surface area contributed by atoms with Gasteiger partial charge in [-0.15, -0.1) is 0 Å². The van der Waals surface area contributed by atoms with Crippen LogP contribution in [0.25, 0.3) is 10.8 Å². The van der Waals surface area contributed by atoms with Gasteiger partial charge in [-0.05, 0) is 36.2 Å². The first kappa shape index (κ1) is 14.5. The van der Waals surface area contributed by atoms with E-state index in [0.29, 0.717) is 12.6 Å². The number of aliphatic hydroxyl groups excluding tert-OH is 1. The average Bonchev–Trinajstić information content (AvgIpc) is 2.55. The van der Waals surface area contributed by atoms with Gasteiger partial charge in [-0.3, -0.25) is 0 Å². The molecule has 1 fully saturated rings. The molecule has 1 atom stereocenters. The molecule has 0 saturated carbocycles. The van der Waals surface area contributed by atoms with E-state index in [9.17, 15) is 5.11 Å². The minimum absolute atomic E-state index is 0.455. The highest BCUT2D eigenvalue weighted by molar-refractivity contribution is 5.85. The predicted molar refractivity (Wildman–Crippen MR) is 85.4 cm³/mol. The van der Waals surface area contributed by atoms with Crippen molar-refractivity contribution >= 4 is 10.8 Å². The first-order valence-corrected chi connectivity index (χ1v) is 7.69. The van der Waals surface area contributed by atoms with Crippen molar-refractivity contribution < 1.29 is 9.84 Å². The Balaban J connectivity index is 1.75. The fourth-order valence-corrected chi connectivity index (χ4v) is 3.19. The van der Waals surface area contributed by atoms with Crippen LogP contribution in [0, 0.1) is 0 Å². The molecular weight excluding hydrogens is 262 g/mol. The maximum atomic E-state index is 10.6. The molecule has 0 spiro atoms.